The quantitative estimate of drug-likeness (QED) is 0.871. The normalized spacial score (nSPS) is 24.3. The lowest BCUT2D eigenvalue weighted by atomic mass is 10.0. The minimum absolute atomic E-state index is 0.0142. The van der Waals surface area contributed by atoms with E-state index in [1.807, 2.05) is 12.3 Å². The number of ether oxygens (including phenoxy) is 1. The third kappa shape index (κ3) is 2.66. The van der Waals surface area contributed by atoms with Crippen molar-refractivity contribution >= 4 is 11.8 Å². The van der Waals surface area contributed by atoms with Crippen molar-refractivity contribution in [2.45, 2.75) is 38.1 Å². The van der Waals surface area contributed by atoms with E-state index < -0.39 is 0 Å². The van der Waals surface area contributed by atoms with Gasteiger partial charge in [-0.2, -0.15) is 0 Å². The largest absolute Gasteiger partial charge is 0.469 e. The first-order chi connectivity index (χ1) is 11.7. The Kier molecular flexibility index (Phi) is 3.75. The number of benzene rings is 1. The Balaban J connectivity index is 1.44. The molecule has 4 heteroatoms. The highest BCUT2D eigenvalue weighted by Crippen LogP contribution is 2.48. The van der Waals surface area contributed by atoms with Crippen LogP contribution in [0.2, 0.25) is 0 Å². The Morgan fingerprint density at radius 2 is 2.17 bits per heavy atom. The monoisotopic (exact) mass is 322 g/mol. The van der Waals surface area contributed by atoms with Crippen LogP contribution in [0.1, 0.15) is 47.1 Å². The predicted octanol–water partition coefficient (Wildman–Crippen LogP) is 3.77. The van der Waals surface area contributed by atoms with Crippen molar-refractivity contribution in [1.29, 1.82) is 0 Å². The van der Waals surface area contributed by atoms with E-state index in [0.29, 0.717) is 6.04 Å². The first-order valence-electron chi connectivity index (χ1n) is 8.56. The van der Waals surface area contributed by atoms with Gasteiger partial charge in [-0.3, -0.25) is 4.79 Å². The number of carbonyl (C=O) groups is 1. The number of pyridine rings is 1. The molecule has 0 saturated heterocycles. The van der Waals surface area contributed by atoms with E-state index in [1.165, 1.54) is 23.8 Å². The summed E-state index contributed by atoms with van der Waals surface area (Å²) in [6.45, 7) is 2.18. The fourth-order valence-electron chi connectivity index (χ4n) is 3.85. The lowest BCUT2D eigenvalue weighted by molar-refractivity contribution is -0.142. The van der Waals surface area contributed by atoms with Crippen LogP contribution in [-0.4, -0.2) is 18.1 Å². The molecule has 124 valence electrons. The topological polar surface area (TPSA) is 51.2 Å². The average molecular weight is 322 g/mol. The maximum Gasteiger partial charge on any atom is 0.309 e. The molecule has 2 aliphatic rings. The Hall–Kier alpha value is -2.36. The van der Waals surface area contributed by atoms with Crippen LogP contribution >= 0.6 is 0 Å². The lowest BCUT2D eigenvalue weighted by Gasteiger charge is -2.15. The molecule has 1 heterocycles. The summed E-state index contributed by atoms with van der Waals surface area (Å²) < 4.78 is 4.81. The van der Waals surface area contributed by atoms with E-state index in [0.717, 1.165) is 30.6 Å². The minimum atomic E-state index is -0.111. The molecule has 1 N–H and O–H groups in total. The standard InChI is InChI=1S/C20H22N2O2/c1-12-4-3-5-15-14(12)7-8-18(15)22-19-9-6-13(11-21-19)16-10-17(16)20(23)24-2/h3-6,9,11,16-18H,7-8,10H2,1-2H3,(H,21,22)/t16-,17+,18-/m1/s1. The fourth-order valence-corrected chi connectivity index (χ4v) is 3.85. The number of aromatic nitrogens is 1. The fraction of sp³-hybridized carbons (Fsp3) is 0.400. The van der Waals surface area contributed by atoms with Crippen molar-refractivity contribution in [3.8, 4) is 0 Å². The maximum absolute atomic E-state index is 11.5. The van der Waals surface area contributed by atoms with Crippen LogP contribution in [0.4, 0.5) is 5.82 Å². The highest BCUT2D eigenvalue weighted by Gasteiger charge is 2.45. The number of rotatable bonds is 4. The molecule has 2 aromatic rings. The summed E-state index contributed by atoms with van der Waals surface area (Å²) in [5, 5.41) is 3.55. The van der Waals surface area contributed by atoms with Gasteiger partial charge in [-0.05, 0) is 60.4 Å². The van der Waals surface area contributed by atoms with E-state index in [9.17, 15) is 4.79 Å². The van der Waals surface area contributed by atoms with Crippen molar-refractivity contribution in [2.24, 2.45) is 5.92 Å². The molecule has 4 rings (SSSR count). The van der Waals surface area contributed by atoms with Crippen LogP contribution in [0.3, 0.4) is 0 Å². The smallest absolute Gasteiger partial charge is 0.309 e. The van der Waals surface area contributed by atoms with Gasteiger partial charge in [0, 0.05) is 6.20 Å². The molecule has 0 spiro atoms. The zero-order chi connectivity index (χ0) is 16.7. The van der Waals surface area contributed by atoms with Crippen molar-refractivity contribution in [3.05, 3.63) is 58.8 Å². The Bertz CT molecular complexity index is 770. The highest BCUT2D eigenvalue weighted by atomic mass is 16.5. The number of carbonyl (C=O) groups excluding carboxylic acids is 1. The SMILES string of the molecule is COC(=O)[C@H]1C[C@@H]1c1ccc(N[C@@H]2CCc3c(C)cccc32)nc1. The van der Waals surface area contributed by atoms with Crippen LogP contribution in [0.25, 0.3) is 0 Å². The third-order valence-corrected chi connectivity index (χ3v) is 5.34. The molecule has 24 heavy (non-hydrogen) atoms. The molecule has 1 fully saturated rings. The van der Waals surface area contributed by atoms with E-state index in [-0.39, 0.29) is 17.8 Å². The van der Waals surface area contributed by atoms with Crippen LogP contribution in [0.15, 0.2) is 36.5 Å². The van der Waals surface area contributed by atoms with Crippen LogP contribution in [0, 0.1) is 12.8 Å². The van der Waals surface area contributed by atoms with Gasteiger partial charge >= 0.3 is 5.97 Å². The van der Waals surface area contributed by atoms with Gasteiger partial charge in [0.15, 0.2) is 0 Å². The number of fused-ring (bicyclic) bond motifs is 1. The molecule has 0 amide bonds. The third-order valence-electron chi connectivity index (χ3n) is 5.34. The van der Waals surface area contributed by atoms with Crippen LogP contribution in [-0.2, 0) is 16.0 Å². The van der Waals surface area contributed by atoms with Gasteiger partial charge in [0.25, 0.3) is 0 Å². The number of nitrogens with zero attached hydrogens (tertiary/aromatic N) is 1. The van der Waals surface area contributed by atoms with Gasteiger partial charge in [0.05, 0.1) is 19.1 Å². The molecule has 4 nitrogen and oxygen atoms in total. The van der Waals surface area contributed by atoms with Crippen LogP contribution < -0.4 is 5.32 Å². The number of methoxy groups -OCH3 is 1. The van der Waals surface area contributed by atoms with Crippen molar-refractivity contribution in [1.82, 2.24) is 4.98 Å². The van der Waals surface area contributed by atoms with E-state index in [1.54, 1.807) is 0 Å². The van der Waals surface area contributed by atoms with Crippen LogP contribution in [0.5, 0.6) is 0 Å². The summed E-state index contributed by atoms with van der Waals surface area (Å²) in [7, 11) is 1.45. The Morgan fingerprint density at radius 1 is 1.29 bits per heavy atom. The number of aryl methyl sites for hydroxylation is 1. The molecule has 1 aromatic heterocycles. The Labute approximate surface area is 142 Å². The summed E-state index contributed by atoms with van der Waals surface area (Å²) in [6.07, 6.45) is 5.00. The van der Waals surface area contributed by atoms with E-state index in [4.69, 9.17) is 4.74 Å². The number of nitrogens with one attached hydrogen (secondary N) is 1. The molecule has 0 bridgehead atoms. The predicted molar refractivity (Wildman–Crippen MR) is 93.0 cm³/mol. The number of anilines is 1. The second-order valence-electron chi connectivity index (χ2n) is 6.83. The molecule has 1 saturated carbocycles. The number of hydrogen-bond acceptors (Lipinski definition) is 4. The van der Waals surface area contributed by atoms with Gasteiger partial charge in [-0.1, -0.05) is 24.3 Å². The van der Waals surface area contributed by atoms with Crippen molar-refractivity contribution < 1.29 is 9.53 Å². The first kappa shape index (κ1) is 15.2. The van der Waals surface area contributed by atoms with Gasteiger partial charge in [0.1, 0.15) is 5.82 Å². The summed E-state index contributed by atoms with van der Waals surface area (Å²) in [5.41, 5.74) is 5.38. The molecule has 0 aliphatic heterocycles. The van der Waals surface area contributed by atoms with E-state index in [2.05, 4.69) is 41.5 Å². The molecule has 1 aromatic carbocycles. The molecular formula is C20H22N2O2. The average Bonchev–Trinajstić information content (AvgIpc) is 3.30. The molecule has 0 radical (unpaired) electrons. The molecule has 0 unspecified atom stereocenters. The molecular weight excluding hydrogens is 300 g/mol. The summed E-state index contributed by atoms with van der Waals surface area (Å²) in [5.74, 6) is 1.07. The van der Waals surface area contributed by atoms with Crippen molar-refractivity contribution in [2.75, 3.05) is 12.4 Å². The summed E-state index contributed by atoms with van der Waals surface area (Å²) in [6, 6.07) is 11.0. The Morgan fingerprint density at radius 3 is 2.92 bits per heavy atom. The lowest BCUT2D eigenvalue weighted by Crippen LogP contribution is -2.08. The summed E-state index contributed by atoms with van der Waals surface area (Å²) >= 11 is 0. The summed E-state index contributed by atoms with van der Waals surface area (Å²) in [4.78, 5) is 16.1. The molecule has 2 aliphatic carbocycles. The highest BCUT2D eigenvalue weighted by molar-refractivity contribution is 5.77. The number of esters is 1. The van der Waals surface area contributed by atoms with Gasteiger partial charge in [-0.25, -0.2) is 4.98 Å². The van der Waals surface area contributed by atoms with Crippen molar-refractivity contribution in [3.63, 3.8) is 0 Å². The van der Waals surface area contributed by atoms with Gasteiger partial charge < -0.3 is 10.1 Å². The minimum Gasteiger partial charge on any atom is -0.469 e. The second kappa shape index (κ2) is 5.93. The zero-order valence-electron chi connectivity index (χ0n) is 14.1. The number of hydrogen-bond donors (Lipinski definition) is 1. The first-order valence-corrected chi connectivity index (χ1v) is 8.56. The second-order valence-corrected chi connectivity index (χ2v) is 6.83. The molecule has 3 atom stereocenters. The zero-order valence-corrected chi connectivity index (χ0v) is 14.1. The van der Waals surface area contributed by atoms with Gasteiger partial charge in [-0.15, -0.1) is 0 Å². The van der Waals surface area contributed by atoms with Gasteiger partial charge in [0.2, 0.25) is 0 Å². The van der Waals surface area contributed by atoms with E-state index >= 15 is 0 Å². The maximum atomic E-state index is 11.5.